The number of phenols is 1. The molecule has 4 aromatic carbocycles. The average molecular weight is 546 g/mol. The van der Waals surface area contributed by atoms with Gasteiger partial charge >= 0.3 is 0 Å². The quantitative estimate of drug-likeness (QED) is 0.180. The van der Waals surface area contributed by atoms with Crippen LogP contribution in [0.4, 0.5) is 10.1 Å². The zero-order chi connectivity index (χ0) is 27.7. The molecule has 0 atom stereocenters. The lowest BCUT2D eigenvalue weighted by Crippen LogP contribution is -2.32. The average Bonchev–Trinajstić information content (AvgIpc) is 2.88. The van der Waals surface area contributed by atoms with Gasteiger partial charge in [0.25, 0.3) is 0 Å². The minimum Gasteiger partial charge on any atom is -0.507 e. The first-order valence-corrected chi connectivity index (χ1v) is 12.9. The van der Waals surface area contributed by atoms with Crippen molar-refractivity contribution < 1.29 is 24.0 Å². The Morgan fingerprint density at radius 2 is 1.56 bits per heavy atom. The van der Waals surface area contributed by atoms with Crippen molar-refractivity contribution in [3.63, 3.8) is 0 Å². The molecule has 0 amide bonds. The minimum absolute atomic E-state index is 0.0149. The van der Waals surface area contributed by atoms with Crippen LogP contribution in [-0.2, 0) is 6.61 Å². The molecule has 1 aliphatic rings. The zero-order valence-corrected chi connectivity index (χ0v) is 22.9. The number of nitrogens with one attached hydrogen (secondary N) is 1. The van der Waals surface area contributed by atoms with E-state index in [2.05, 4.69) is 32.2 Å². The molecule has 7 heteroatoms. The number of anilines is 1. The summed E-state index contributed by atoms with van der Waals surface area (Å²) in [6.45, 7) is 8.33. The number of hydrogen-bond donors (Lipinski definition) is 2. The first kappa shape index (κ1) is 26.4. The molecular formula is C32H29ClFNO4. The summed E-state index contributed by atoms with van der Waals surface area (Å²) in [5.41, 5.74) is 5.92. The van der Waals surface area contributed by atoms with Gasteiger partial charge in [-0.2, -0.15) is 0 Å². The predicted octanol–water partition coefficient (Wildman–Crippen LogP) is 8.72. The summed E-state index contributed by atoms with van der Waals surface area (Å²) >= 11 is 5.91. The summed E-state index contributed by atoms with van der Waals surface area (Å²) < 4.78 is 20.1. The number of benzene rings is 4. The van der Waals surface area contributed by atoms with Crippen molar-refractivity contribution in [1.82, 2.24) is 0 Å². The van der Waals surface area contributed by atoms with Crippen LogP contribution < -0.4 is 19.8 Å². The summed E-state index contributed by atoms with van der Waals surface area (Å²) in [7, 11) is 0. The van der Waals surface area contributed by atoms with Gasteiger partial charge in [0.1, 0.15) is 23.9 Å². The Bertz CT molecular complexity index is 1560. The Hall–Kier alpha value is -4.16. The van der Waals surface area contributed by atoms with Gasteiger partial charge in [-0.25, -0.2) is 4.39 Å². The number of halogens is 2. The van der Waals surface area contributed by atoms with E-state index in [0.29, 0.717) is 27.8 Å². The summed E-state index contributed by atoms with van der Waals surface area (Å²) in [5, 5.41) is 15.2. The SMILES string of the molecule is CC1=CC(C)(C)Nc2ccc(-c3ccc(OOc4ccc(Cl)cc4)cc3O)c(COc3cc(F)ccc3C)c21. The molecule has 5 nitrogen and oxygen atoms in total. The molecule has 4 aromatic rings. The highest BCUT2D eigenvalue weighted by atomic mass is 35.5. The topological polar surface area (TPSA) is 60.0 Å². The van der Waals surface area contributed by atoms with E-state index in [1.165, 1.54) is 18.2 Å². The first-order valence-electron chi connectivity index (χ1n) is 12.6. The third-order valence-corrected chi connectivity index (χ3v) is 6.82. The van der Waals surface area contributed by atoms with Gasteiger partial charge in [0.15, 0.2) is 11.5 Å². The number of rotatable bonds is 7. The van der Waals surface area contributed by atoms with Crippen molar-refractivity contribution in [3.8, 4) is 34.1 Å². The molecule has 0 bridgehead atoms. The monoisotopic (exact) mass is 545 g/mol. The first-order chi connectivity index (χ1) is 18.6. The van der Waals surface area contributed by atoms with Gasteiger partial charge < -0.3 is 15.2 Å². The van der Waals surface area contributed by atoms with Crippen LogP contribution in [0.5, 0.6) is 23.0 Å². The maximum Gasteiger partial charge on any atom is 0.182 e. The van der Waals surface area contributed by atoms with Crippen LogP contribution in [-0.4, -0.2) is 10.6 Å². The molecule has 0 saturated heterocycles. The number of phenolic OH excluding ortho intramolecular Hbond substituents is 1. The molecule has 0 aliphatic carbocycles. The Labute approximate surface area is 232 Å². The van der Waals surface area contributed by atoms with Gasteiger partial charge in [0.05, 0.1) is 5.54 Å². The van der Waals surface area contributed by atoms with Crippen LogP contribution in [0.25, 0.3) is 16.7 Å². The van der Waals surface area contributed by atoms with E-state index in [9.17, 15) is 9.50 Å². The maximum absolute atomic E-state index is 14.0. The van der Waals surface area contributed by atoms with Crippen molar-refractivity contribution >= 4 is 22.9 Å². The highest BCUT2D eigenvalue weighted by Gasteiger charge is 2.27. The van der Waals surface area contributed by atoms with Crippen molar-refractivity contribution in [3.05, 3.63) is 106 Å². The summed E-state index contributed by atoms with van der Waals surface area (Å²) in [6, 6.07) is 20.2. The fourth-order valence-electron chi connectivity index (χ4n) is 4.86. The molecule has 2 N–H and O–H groups in total. The van der Waals surface area contributed by atoms with Crippen LogP contribution in [0.3, 0.4) is 0 Å². The lowest BCUT2D eigenvalue weighted by Gasteiger charge is -2.33. The molecule has 1 aliphatic heterocycles. The molecular weight excluding hydrogens is 517 g/mol. The van der Waals surface area contributed by atoms with Crippen LogP contribution >= 0.6 is 11.6 Å². The number of allylic oxidation sites excluding steroid dienone is 1. The van der Waals surface area contributed by atoms with Crippen molar-refractivity contribution in [2.24, 2.45) is 0 Å². The number of hydrogen-bond acceptors (Lipinski definition) is 5. The Morgan fingerprint density at radius 3 is 2.31 bits per heavy atom. The Balaban J connectivity index is 1.50. The van der Waals surface area contributed by atoms with Gasteiger partial charge in [-0.15, -0.1) is 0 Å². The van der Waals surface area contributed by atoms with Crippen LogP contribution in [0.15, 0.2) is 78.9 Å². The van der Waals surface area contributed by atoms with Gasteiger partial charge in [0.2, 0.25) is 0 Å². The number of fused-ring (bicyclic) bond motifs is 1. The highest BCUT2D eigenvalue weighted by molar-refractivity contribution is 6.30. The van der Waals surface area contributed by atoms with E-state index in [1.807, 2.05) is 19.1 Å². The second-order valence-electron chi connectivity index (χ2n) is 10.2. The van der Waals surface area contributed by atoms with Gasteiger partial charge in [-0.3, -0.25) is 9.78 Å². The summed E-state index contributed by atoms with van der Waals surface area (Å²) in [5.74, 6) is 0.927. The van der Waals surface area contributed by atoms with E-state index in [0.717, 1.165) is 33.5 Å². The fourth-order valence-corrected chi connectivity index (χ4v) is 4.98. The van der Waals surface area contributed by atoms with Crippen molar-refractivity contribution in [2.75, 3.05) is 5.32 Å². The van der Waals surface area contributed by atoms with E-state index in [1.54, 1.807) is 42.5 Å². The molecule has 5 rings (SSSR count). The third-order valence-electron chi connectivity index (χ3n) is 6.57. The number of ether oxygens (including phenoxy) is 1. The minimum atomic E-state index is -0.362. The van der Waals surface area contributed by atoms with E-state index in [4.69, 9.17) is 26.1 Å². The molecule has 1 heterocycles. The molecule has 0 aromatic heterocycles. The summed E-state index contributed by atoms with van der Waals surface area (Å²) in [6.07, 6.45) is 2.17. The molecule has 0 radical (unpaired) electrons. The lowest BCUT2D eigenvalue weighted by atomic mass is 9.85. The van der Waals surface area contributed by atoms with Crippen LogP contribution in [0.1, 0.15) is 37.5 Å². The van der Waals surface area contributed by atoms with E-state index < -0.39 is 0 Å². The lowest BCUT2D eigenvalue weighted by molar-refractivity contribution is -0.1000. The van der Waals surface area contributed by atoms with Gasteiger partial charge in [0, 0.05) is 39.5 Å². The molecule has 0 unspecified atom stereocenters. The van der Waals surface area contributed by atoms with Crippen LogP contribution in [0.2, 0.25) is 5.02 Å². The van der Waals surface area contributed by atoms with Crippen molar-refractivity contribution in [2.45, 2.75) is 39.8 Å². The largest absolute Gasteiger partial charge is 0.507 e. The van der Waals surface area contributed by atoms with Gasteiger partial charge in [-0.05, 0) is 92.9 Å². The molecule has 200 valence electrons. The molecule has 39 heavy (non-hydrogen) atoms. The fraction of sp³-hybridized carbons (Fsp3) is 0.188. The second kappa shape index (κ2) is 10.5. The molecule has 0 fully saturated rings. The Morgan fingerprint density at radius 1 is 0.872 bits per heavy atom. The smallest absolute Gasteiger partial charge is 0.182 e. The molecule has 0 saturated carbocycles. The predicted molar refractivity (Wildman–Crippen MR) is 153 cm³/mol. The second-order valence-corrected chi connectivity index (χ2v) is 10.6. The summed E-state index contributed by atoms with van der Waals surface area (Å²) in [4.78, 5) is 10.8. The number of aromatic hydroxyl groups is 1. The van der Waals surface area contributed by atoms with E-state index in [-0.39, 0.29) is 23.7 Å². The standard InChI is InChI=1S/C32H29ClFNO4/c1-19-5-8-22(34)15-30(19)37-18-27-25(13-14-28-31(27)20(2)17-32(3,4)35-28)26-12-11-24(16-29(26)36)39-38-23-9-6-21(33)7-10-23/h5-17,35-36H,18H2,1-4H3. The highest BCUT2D eigenvalue weighted by Crippen LogP contribution is 2.43. The zero-order valence-electron chi connectivity index (χ0n) is 22.1. The Kier molecular flexibility index (Phi) is 7.15. The molecule has 0 spiro atoms. The van der Waals surface area contributed by atoms with Crippen LogP contribution in [0, 0.1) is 12.7 Å². The number of aryl methyl sites for hydroxylation is 1. The van der Waals surface area contributed by atoms with E-state index >= 15 is 0 Å². The van der Waals surface area contributed by atoms with Gasteiger partial charge in [-0.1, -0.05) is 29.8 Å². The maximum atomic E-state index is 14.0. The van der Waals surface area contributed by atoms with Crippen molar-refractivity contribution in [1.29, 1.82) is 0 Å². The normalized spacial score (nSPS) is 13.6. The third kappa shape index (κ3) is 5.81.